The molecule has 3 N–H and O–H groups in total. The molecule has 1 rings (SSSR count). The Labute approximate surface area is 104 Å². The van der Waals surface area contributed by atoms with E-state index < -0.39 is 35.2 Å². The highest BCUT2D eigenvalue weighted by Crippen LogP contribution is 2.28. The van der Waals surface area contributed by atoms with Gasteiger partial charge in [0.15, 0.2) is 5.78 Å². The van der Waals surface area contributed by atoms with Crippen molar-refractivity contribution in [1.29, 1.82) is 0 Å². The van der Waals surface area contributed by atoms with E-state index in [9.17, 15) is 27.6 Å². The van der Waals surface area contributed by atoms with E-state index in [2.05, 4.69) is 0 Å². The Hall–Kier alpha value is -2.32. The van der Waals surface area contributed by atoms with Gasteiger partial charge in [-0.3, -0.25) is 19.7 Å². The number of alkyl halides is 3. The molecule has 0 atom stereocenters. The molecule has 9 heteroatoms. The van der Waals surface area contributed by atoms with E-state index in [0.29, 0.717) is 0 Å². The number of anilines is 1. The molecule has 0 aliphatic heterocycles. The van der Waals surface area contributed by atoms with E-state index in [4.69, 9.17) is 10.2 Å². The monoisotopic (exact) mass is 278 g/mol. The highest BCUT2D eigenvalue weighted by molar-refractivity contribution is 6.12. The van der Waals surface area contributed by atoms with Gasteiger partial charge in [-0.2, -0.15) is 13.2 Å². The van der Waals surface area contributed by atoms with E-state index in [1.165, 1.54) is 12.2 Å². The van der Waals surface area contributed by atoms with Gasteiger partial charge in [0.2, 0.25) is 5.88 Å². The molecule has 2 amide bonds. The van der Waals surface area contributed by atoms with Crippen LogP contribution in [0.4, 0.5) is 19.1 Å². The molecular formula is C10H9F3N2O4. The SMILES string of the molecule is CC(=O)c1c(C)oc(NC(=O)C(F)(F)F)c1C(N)=O. The van der Waals surface area contributed by atoms with Gasteiger partial charge in [0.05, 0.1) is 5.56 Å². The van der Waals surface area contributed by atoms with Crippen molar-refractivity contribution >= 4 is 23.5 Å². The summed E-state index contributed by atoms with van der Waals surface area (Å²) in [6.45, 7) is 2.34. The summed E-state index contributed by atoms with van der Waals surface area (Å²) in [7, 11) is 0. The van der Waals surface area contributed by atoms with Crippen LogP contribution in [0.1, 0.15) is 33.4 Å². The first-order chi connectivity index (χ1) is 8.55. The summed E-state index contributed by atoms with van der Waals surface area (Å²) in [5, 5.41) is 1.36. The van der Waals surface area contributed by atoms with Gasteiger partial charge < -0.3 is 10.2 Å². The Morgan fingerprint density at radius 1 is 1.21 bits per heavy atom. The first kappa shape index (κ1) is 14.7. The Bertz CT molecular complexity index is 560. The lowest BCUT2D eigenvalue weighted by Gasteiger charge is -2.06. The van der Waals surface area contributed by atoms with E-state index in [1.807, 2.05) is 0 Å². The van der Waals surface area contributed by atoms with Gasteiger partial charge in [-0.1, -0.05) is 0 Å². The third-order valence-corrected chi connectivity index (χ3v) is 2.17. The molecule has 1 aromatic heterocycles. The summed E-state index contributed by atoms with van der Waals surface area (Å²) in [6, 6.07) is 0. The topological polar surface area (TPSA) is 102 Å². The number of carbonyl (C=O) groups is 3. The average Bonchev–Trinajstić information content (AvgIpc) is 2.53. The molecule has 19 heavy (non-hydrogen) atoms. The summed E-state index contributed by atoms with van der Waals surface area (Å²) in [4.78, 5) is 33.2. The fourth-order valence-electron chi connectivity index (χ4n) is 1.47. The molecule has 0 unspecified atom stereocenters. The number of Topliss-reactive ketones (excluding diaryl/α,β-unsaturated/α-hetero) is 1. The number of aryl methyl sites for hydroxylation is 1. The van der Waals surface area contributed by atoms with Gasteiger partial charge in [-0.15, -0.1) is 0 Å². The molecule has 0 saturated carbocycles. The number of ketones is 1. The maximum atomic E-state index is 12.1. The van der Waals surface area contributed by atoms with Gasteiger partial charge in [0, 0.05) is 0 Å². The minimum absolute atomic E-state index is 0.112. The van der Waals surface area contributed by atoms with Crippen LogP contribution in [0.5, 0.6) is 0 Å². The lowest BCUT2D eigenvalue weighted by Crippen LogP contribution is -2.30. The number of carbonyl (C=O) groups excluding carboxylic acids is 3. The second-order valence-electron chi connectivity index (χ2n) is 3.61. The largest absolute Gasteiger partial charge is 0.471 e. The summed E-state index contributed by atoms with van der Waals surface area (Å²) < 4.78 is 41.1. The molecule has 6 nitrogen and oxygen atoms in total. The summed E-state index contributed by atoms with van der Waals surface area (Å²) in [5.74, 6) is -5.04. The minimum atomic E-state index is -5.16. The lowest BCUT2D eigenvalue weighted by atomic mass is 10.1. The molecule has 0 aliphatic carbocycles. The normalized spacial score (nSPS) is 11.2. The van der Waals surface area contributed by atoms with Crippen LogP contribution in [-0.4, -0.2) is 23.8 Å². The summed E-state index contributed by atoms with van der Waals surface area (Å²) >= 11 is 0. The standard InChI is InChI=1S/C10H9F3N2O4/c1-3(16)5-4(2)19-8(6(5)7(14)17)15-9(18)10(11,12)13/h1-2H3,(H2,14,17)(H,15,18). The number of primary amides is 1. The maximum Gasteiger partial charge on any atom is 0.471 e. The number of rotatable bonds is 3. The van der Waals surface area contributed by atoms with Gasteiger partial charge in [-0.05, 0) is 13.8 Å². The van der Waals surface area contributed by atoms with E-state index in [1.54, 1.807) is 0 Å². The molecule has 0 fully saturated rings. The van der Waals surface area contributed by atoms with Crippen LogP contribution < -0.4 is 11.1 Å². The fraction of sp³-hybridized carbons (Fsp3) is 0.300. The van der Waals surface area contributed by atoms with Crippen LogP contribution in [0.25, 0.3) is 0 Å². The quantitative estimate of drug-likeness (QED) is 0.815. The molecule has 1 aromatic rings. The molecule has 0 aliphatic rings. The molecule has 0 bridgehead atoms. The molecule has 0 saturated heterocycles. The van der Waals surface area contributed by atoms with E-state index in [0.717, 1.165) is 6.92 Å². The van der Waals surface area contributed by atoms with Crippen LogP contribution in [0, 0.1) is 6.92 Å². The van der Waals surface area contributed by atoms with Crippen molar-refractivity contribution in [2.24, 2.45) is 5.73 Å². The average molecular weight is 278 g/mol. The fourth-order valence-corrected chi connectivity index (χ4v) is 1.47. The highest BCUT2D eigenvalue weighted by Gasteiger charge is 2.40. The number of amides is 2. The number of nitrogens with two attached hydrogens (primary N) is 1. The number of nitrogens with one attached hydrogen (secondary N) is 1. The molecular weight excluding hydrogens is 269 g/mol. The number of halogens is 3. The summed E-state index contributed by atoms with van der Waals surface area (Å²) in [5.41, 5.74) is 4.13. The zero-order valence-corrected chi connectivity index (χ0v) is 9.84. The summed E-state index contributed by atoms with van der Waals surface area (Å²) in [6.07, 6.45) is -5.16. The predicted molar refractivity (Wildman–Crippen MR) is 56.7 cm³/mol. The maximum absolute atomic E-state index is 12.1. The van der Waals surface area contributed by atoms with Crippen LogP contribution in [0.2, 0.25) is 0 Å². The first-order valence-electron chi connectivity index (χ1n) is 4.88. The van der Waals surface area contributed by atoms with Gasteiger partial charge in [-0.25, -0.2) is 0 Å². The van der Waals surface area contributed by atoms with Gasteiger partial charge in [0.1, 0.15) is 11.3 Å². The van der Waals surface area contributed by atoms with Crippen molar-refractivity contribution in [3.63, 3.8) is 0 Å². The second-order valence-corrected chi connectivity index (χ2v) is 3.61. The first-order valence-corrected chi connectivity index (χ1v) is 4.88. The Morgan fingerprint density at radius 3 is 2.11 bits per heavy atom. The van der Waals surface area contributed by atoms with Crippen molar-refractivity contribution in [3.8, 4) is 0 Å². The van der Waals surface area contributed by atoms with Crippen LogP contribution in [0.15, 0.2) is 4.42 Å². The molecule has 0 aromatic carbocycles. The molecule has 0 spiro atoms. The van der Waals surface area contributed by atoms with Crippen molar-refractivity contribution in [2.45, 2.75) is 20.0 Å². The lowest BCUT2D eigenvalue weighted by molar-refractivity contribution is -0.167. The third kappa shape index (κ3) is 2.92. The van der Waals surface area contributed by atoms with Crippen LogP contribution in [-0.2, 0) is 4.79 Å². The highest BCUT2D eigenvalue weighted by atomic mass is 19.4. The van der Waals surface area contributed by atoms with Crippen molar-refractivity contribution in [3.05, 3.63) is 16.9 Å². The number of furan rings is 1. The minimum Gasteiger partial charge on any atom is -0.444 e. The van der Waals surface area contributed by atoms with Crippen molar-refractivity contribution in [2.75, 3.05) is 5.32 Å². The Balaban J connectivity index is 3.30. The second kappa shape index (κ2) is 4.75. The Morgan fingerprint density at radius 2 is 1.74 bits per heavy atom. The third-order valence-electron chi connectivity index (χ3n) is 2.17. The zero-order valence-electron chi connectivity index (χ0n) is 9.84. The van der Waals surface area contributed by atoms with Crippen LogP contribution in [0.3, 0.4) is 0 Å². The molecule has 104 valence electrons. The van der Waals surface area contributed by atoms with Crippen molar-refractivity contribution < 1.29 is 32.0 Å². The van der Waals surface area contributed by atoms with Gasteiger partial charge in [0.25, 0.3) is 5.91 Å². The molecule has 0 radical (unpaired) electrons. The number of hydrogen-bond acceptors (Lipinski definition) is 4. The van der Waals surface area contributed by atoms with E-state index >= 15 is 0 Å². The van der Waals surface area contributed by atoms with Gasteiger partial charge >= 0.3 is 12.1 Å². The predicted octanol–water partition coefficient (Wildman–Crippen LogP) is 1.39. The van der Waals surface area contributed by atoms with Crippen molar-refractivity contribution in [1.82, 2.24) is 0 Å². The Kier molecular flexibility index (Phi) is 3.68. The van der Waals surface area contributed by atoms with Crippen LogP contribution >= 0.6 is 0 Å². The van der Waals surface area contributed by atoms with E-state index in [-0.39, 0.29) is 11.3 Å². The molecule has 1 heterocycles. The zero-order chi connectivity index (χ0) is 15.0. The number of hydrogen-bond donors (Lipinski definition) is 2. The smallest absolute Gasteiger partial charge is 0.444 e.